The molecule has 0 aromatic heterocycles. The van der Waals surface area contributed by atoms with Crippen molar-refractivity contribution in [1.29, 1.82) is 0 Å². The molecule has 128 valence electrons. The SMILES string of the molecule is CCCCCCCC/C=C\CCCCCCCC(=O)OO.[Ti]. The standard InChI is InChI=1S/C18H34O3.Ti/c1-2-3-4-5-6-7-8-9-10-11-12-13-14-15-16-17-18(19)21-20;/h9-10,20H,2-8,11-17H2,1H3;/b10-9-;. The van der Waals surface area contributed by atoms with Gasteiger partial charge in [-0.2, -0.15) is 5.26 Å². The molecule has 22 heavy (non-hydrogen) atoms. The molecule has 0 amide bonds. The van der Waals surface area contributed by atoms with Crippen LogP contribution in [0.3, 0.4) is 0 Å². The Bertz CT molecular complexity index is 255. The molecule has 0 saturated heterocycles. The monoisotopic (exact) mass is 346 g/mol. The summed E-state index contributed by atoms with van der Waals surface area (Å²) < 4.78 is 0. The molecule has 3 nitrogen and oxygen atoms in total. The molecule has 0 rings (SSSR count). The van der Waals surface area contributed by atoms with Gasteiger partial charge in [0.1, 0.15) is 0 Å². The van der Waals surface area contributed by atoms with E-state index >= 15 is 0 Å². The second-order valence-corrected chi connectivity index (χ2v) is 5.80. The fourth-order valence-electron chi connectivity index (χ4n) is 2.39. The van der Waals surface area contributed by atoms with Gasteiger partial charge in [-0.25, -0.2) is 4.79 Å². The molecule has 0 aliphatic heterocycles. The molecule has 0 aliphatic rings. The molecule has 0 aromatic rings. The summed E-state index contributed by atoms with van der Waals surface area (Å²) in [5.41, 5.74) is 0. The summed E-state index contributed by atoms with van der Waals surface area (Å²) >= 11 is 0. The topological polar surface area (TPSA) is 46.5 Å². The second kappa shape index (κ2) is 20.9. The number of rotatable bonds is 15. The summed E-state index contributed by atoms with van der Waals surface area (Å²) in [4.78, 5) is 14.3. The summed E-state index contributed by atoms with van der Waals surface area (Å²) in [6, 6.07) is 0. The van der Waals surface area contributed by atoms with Crippen LogP contribution in [0.2, 0.25) is 0 Å². The maximum Gasteiger partial charge on any atom is 0.342 e. The van der Waals surface area contributed by atoms with E-state index in [1.165, 1.54) is 64.2 Å². The zero-order chi connectivity index (χ0) is 15.6. The normalized spacial score (nSPS) is 10.6. The Morgan fingerprint density at radius 2 is 1.27 bits per heavy atom. The van der Waals surface area contributed by atoms with Gasteiger partial charge in [0.15, 0.2) is 0 Å². The Kier molecular flexibility index (Phi) is 22.9. The summed E-state index contributed by atoms with van der Waals surface area (Å²) in [5, 5.41) is 8.09. The van der Waals surface area contributed by atoms with Crippen LogP contribution in [0.4, 0.5) is 0 Å². The van der Waals surface area contributed by atoms with Gasteiger partial charge < -0.3 is 4.89 Å². The van der Waals surface area contributed by atoms with E-state index in [4.69, 9.17) is 5.26 Å². The second-order valence-electron chi connectivity index (χ2n) is 5.80. The summed E-state index contributed by atoms with van der Waals surface area (Å²) in [6.07, 6.45) is 21.1. The number of carbonyl (C=O) groups is 1. The Morgan fingerprint density at radius 3 is 1.77 bits per heavy atom. The quantitative estimate of drug-likeness (QED) is 0.129. The first-order valence-electron chi connectivity index (χ1n) is 8.80. The minimum atomic E-state index is -0.521. The molecule has 0 fully saturated rings. The molecule has 1 N–H and O–H groups in total. The average molecular weight is 346 g/mol. The first-order chi connectivity index (χ1) is 10.3. The van der Waals surface area contributed by atoms with Crippen molar-refractivity contribution in [1.82, 2.24) is 0 Å². The van der Waals surface area contributed by atoms with E-state index in [0.29, 0.717) is 6.42 Å². The molecule has 0 atom stereocenters. The van der Waals surface area contributed by atoms with Crippen LogP contribution in [0, 0.1) is 0 Å². The molecule has 0 aliphatic carbocycles. The van der Waals surface area contributed by atoms with Crippen LogP contribution in [0.5, 0.6) is 0 Å². The largest absolute Gasteiger partial charge is 0.342 e. The zero-order valence-electron chi connectivity index (χ0n) is 14.3. The number of hydrogen-bond donors (Lipinski definition) is 1. The zero-order valence-corrected chi connectivity index (χ0v) is 15.9. The third-order valence-electron chi connectivity index (χ3n) is 3.74. The molecule has 0 heterocycles. The average Bonchev–Trinajstić information content (AvgIpc) is 2.50. The maximum absolute atomic E-state index is 10.7. The molecule has 0 unspecified atom stereocenters. The number of hydrogen-bond acceptors (Lipinski definition) is 3. The maximum atomic E-state index is 10.7. The fourth-order valence-corrected chi connectivity index (χ4v) is 2.39. The fraction of sp³-hybridized carbons (Fsp3) is 0.833. The number of allylic oxidation sites excluding steroid dienone is 2. The van der Waals surface area contributed by atoms with Crippen molar-refractivity contribution in [3.63, 3.8) is 0 Å². The van der Waals surface area contributed by atoms with E-state index in [2.05, 4.69) is 24.0 Å². The minimum Gasteiger partial charge on any atom is -0.301 e. The Morgan fingerprint density at radius 1 is 0.818 bits per heavy atom. The van der Waals surface area contributed by atoms with Gasteiger partial charge in [-0.3, -0.25) is 0 Å². The minimum absolute atomic E-state index is 0. The van der Waals surface area contributed by atoms with Gasteiger partial charge in [0.2, 0.25) is 0 Å². The molecule has 0 saturated carbocycles. The van der Waals surface area contributed by atoms with Crippen molar-refractivity contribution in [2.45, 2.75) is 96.8 Å². The van der Waals surface area contributed by atoms with Crippen molar-refractivity contribution in [3.05, 3.63) is 12.2 Å². The molecule has 0 aromatic carbocycles. The number of carbonyl (C=O) groups excluding carboxylic acids is 1. The Hall–Kier alpha value is -0.116. The predicted octanol–water partition coefficient (Wildman–Crippen LogP) is 6.04. The van der Waals surface area contributed by atoms with Crippen LogP contribution in [0.25, 0.3) is 0 Å². The van der Waals surface area contributed by atoms with Crippen LogP contribution < -0.4 is 0 Å². The van der Waals surface area contributed by atoms with Crippen LogP contribution in [0.1, 0.15) is 96.8 Å². The third kappa shape index (κ3) is 19.9. The molecular weight excluding hydrogens is 312 g/mol. The van der Waals surface area contributed by atoms with Gasteiger partial charge in [-0.1, -0.05) is 70.4 Å². The van der Waals surface area contributed by atoms with Crippen LogP contribution in [0.15, 0.2) is 12.2 Å². The Labute approximate surface area is 151 Å². The molecule has 0 bridgehead atoms. The van der Waals surface area contributed by atoms with E-state index in [9.17, 15) is 4.79 Å². The van der Waals surface area contributed by atoms with Gasteiger partial charge in [0.05, 0.1) is 0 Å². The van der Waals surface area contributed by atoms with Gasteiger partial charge >= 0.3 is 5.97 Å². The molecule has 0 radical (unpaired) electrons. The first-order valence-corrected chi connectivity index (χ1v) is 8.80. The van der Waals surface area contributed by atoms with Crippen LogP contribution in [-0.2, 0) is 31.4 Å². The van der Waals surface area contributed by atoms with Crippen molar-refractivity contribution >= 4 is 5.97 Å². The predicted molar refractivity (Wildman–Crippen MR) is 88.2 cm³/mol. The Balaban J connectivity index is 0. The van der Waals surface area contributed by atoms with Gasteiger partial charge in [0.25, 0.3) is 0 Å². The van der Waals surface area contributed by atoms with Gasteiger partial charge in [-0.05, 0) is 32.1 Å². The van der Waals surface area contributed by atoms with E-state index in [1.54, 1.807) is 0 Å². The molecule has 4 heteroatoms. The van der Waals surface area contributed by atoms with Crippen molar-refractivity contribution in [2.24, 2.45) is 0 Å². The van der Waals surface area contributed by atoms with E-state index in [-0.39, 0.29) is 21.7 Å². The van der Waals surface area contributed by atoms with E-state index < -0.39 is 5.97 Å². The summed E-state index contributed by atoms with van der Waals surface area (Å²) in [5.74, 6) is -0.521. The first kappa shape index (κ1) is 24.1. The van der Waals surface area contributed by atoms with Crippen molar-refractivity contribution in [2.75, 3.05) is 0 Å². The van der Waals surface area contributed by atoms with E-state index in [1.807, 2.05) is 0 Å². The smallest absolute Gasteiger partial charge is 0.301 e. The van der Waals surface area contributed by atoms with Gasteiger partial charge in [0, 0.05) is 28.1 Å². The van der Waals surface area contributed by atoms with E-state index in [0.717, 1.165) is 19.3 Å². The molecule has 0 spiro atoms. The van der Waals surface area contributed by atoms with Crippen molar-refractivity contribution < 1.29 is 36.7 Å². The summed E-state index contributed by atoms with van der Waals surface area (Å²) in [6.45, 7) is 2.26. The van der Waals surface area contributed by atoms with Gasteiger partial charge in [-0.15, -0.1) is 0 Å². The molecular formula is C18H34O3Ti. The third-order valence-corrected chi connectivity index (χ3v) is 3.74. The van der Waals surface area contributed by atoms with Crippen LogP contribution in [-0.4, -0.2) is 11.2 Å². The van der Waals surface area contributed by atoms with Crippen molar-refractivity contribution in [3.8, 4) is 0 Å². The summed E-state index contributed by atoms with van der Waals surface area (Å²) in [7, 11) is 0. The number of unbranched alkanes of at least 4 members (excludes halogenated alkanes) is 11. The van der Waals surface area contributed by atoms with Crippen LogP contribution >= 0.6 is 0 Å².